The second kappa shape index (κ2) is 3.32. The molecule has 1 aliphatic heterocycles. The van der Waals surface area contributed by atoms with Crippen molar-refractivity contribution in [2.45, 2.75) is 19.3 Å². The molecule has 0 aromatic rings. The van der Waals surface area contributed by atoms with Gasteiger partial charge in [-0.25, -0.2) is 0 Å². The van der Waals surface area contributed by atoms with E-state index in [1.165, 1.54) is 7.05 Å². The summed E-state index contributed by atoms with van der Waals surface area (Å²) in [5.41, 5.74) is 0. The molecule has 1 saturated heterocycles. The van der Waals surface area contributed by atoms with Gasteiger partial charge in [0.15, 0.2) is 0 Å². The number of rotatable bonds is 1. The molecule has 2 amide bonds. The van der Waals surface area contributed by atoms with Crippen molar-refractivity contribution >= 4 is 17.8 Å². The van der Waals surface area contributed by atoms with E-state index in [0.717, 1.165) is 4.90 Å². The molecule has 3 atom stereocenters. The number of likely N-dealkylation sites (tertiary alicyclic amines) is 1. The van der Waals surface area contributed by atoms with Crippen molar-refractivity contribution in [3.63, 3.8) is 0 Å². The summed E-state index contributed by atoms with van der Waals surface area (Å²) in [5.74, 6) is -2.34. The van der Waals surface area contributed by atoms with Gasteiger partial charge in [0.25, 0.3) is 0 Å². The fraction of sp³-hybridized carbons (Fsp3) is 0.700. The highest BCUT2D eigenvalue weighted by molar-refractivity contribution is 6.05. The van der Waals surface area contributed by atoms with Gasteiger partial charge in [0.05, 0.1) is 17.8 Å². The zero-order valence-electron chi connectivity index (χ0n) is 8.47. The Bertz CT molecular complexity index is 338. The maximum absolute atomic E-state index is 11.6. The first-order valence-corrected chi connectivity index (χ1v) is 5.06. The number of aliphatic carboxylic acids is 1. The summed E-state index contributed by atoms with van der Waals surface area (Å²) >= 11 is 0. The van der Waals surface area contributed by atoms with Gasteiger partial charge in [-0.1, -0.05) is 0 Å². The number of hydrogen-bond donors (Lipinski definition) is 1. The Kier molecular flexibility index (Phi) is 2.25. The van der Waals surface area contributed by atoms with Crippen molar-refractivity contribution in [2.24, 2.45) is 17.8 Å². The SMILES string of the molecule is CN1C(=O)C2CCC(C(=O)O)CC2C1=O. The highest BCUT2D eigenvalue weighted by Crippen LogP contribution is 2.40. The van der Waals surface area contributed by atoms with Crippen molar-refractivity contribution in [1.29, 1.82) is 0 Å². The zero-order chi connectivity index (χ0) is 11.2. The van der Waals surface area contributed by atoms with Crippen molar-refractivity contribution in [1.82, 2.24) is 4.90 Å². The van der Waals surface area contributed by atoms with Crippen molar-refractivity contribution in [3.8, 4) is 0 Å². The lowest BCUT2D eigenvalue weighted by Gasteiger charge is -2.25. The smallest absolute Gasteiger partial charge is 0.306 e. The molecular formula is C10H13NO4. The van der Waals surface area contributed by atoms with E-state index >= 15 is 0 Å². The van der Waals surface area contributed by atoms with Gasteiger partial charge in [-0.15, -0.1) is 0 Å². The van der Waals surface area contributed by atoms with Crippen LogP contribution in [0.5, 0.6) is 0 Å². The van der Waals surface area contributed by atoms with E-state index in [-0.39, 0.29) is 17.7 Å². The number of carbonyl (C=O) groups is 3. The number of fused-ring (bicyclic) bond motifs is 1. The summed E-state index contributed by atoms with van der Waals surface area (Å²) in [6, 6.07) is 0. The summed E-state index contributed by atoms with van der Waals surface area (Å²) in [4.78, 5) is 35.2. The van der Waals surface area contributed by atoms with E-state index < -0.39 is 17.8 Å². The number of carboxylic acid groups (broad SMARTS) is 1. The van der Waals surface area contributed by atoms with Gasteiger partial charge < -0.3 is 5.11 Å². The van der Waals surface area contributed by atoms with E-state index in [1.54, 1.807) is 0 Å². The first-order chi connectivity index (χ1) is 7.02. The van der Waals surface area contributed by atoms with E-state index in [1.807, 2.05) is 0 Å². The van der Waals surface area contributed by atoms with Crippen LogP contribution in [0.4, 0.5) is 0 Å². The largest absolute Gasteiger partial charge is 0.481 e. The molecule has 1 N–H and O–H groups in total. The summed E-state index contributed by atoms with van der Waals surface area (Å²) in [6.07, 6.45) is 1.34. The molecule has 2 rings (SSSR count). The lowest BCUT2D eigenvalue weighted by Crippen LogP contribution is -2.30. The van der Waals surface area contributed by atoms with Gasteiger partial charge >= 0.3 is 5.97 Å². The Labute approximate surface area is 87.1 Å². The monoisotopic (exact) mass is 211 g/mol. The topological polar surface area (TPSA) is 74.7 Å². The van der Waals surface area contributed by atoms with Gasteiger partial charge in [-0.05, 0) is 19.3 Å². The molecule has 15 heavy (non-hydrogen) atoms. The van der Waals surface area contributed by atoms with Crippen LogP contribution in [0, 0.1) is 17.8 Å². The standard InChI is InChI=1S/C10H13NO4/c1-11-8(12)6-3-2-5(10(14)15)4-7(6)9(11)13/h5-7H,2-4H2,1H3,(H,14,15). The highest BCUT2D eigenvalue weighted by Gasteiger charge is 2.49. The number of amides is 2. The second-order valence-corrected chi connectivity index (χ2v) is 4.30. The minimum Gasteiger partial charge on any atom is -0.481 e. The third-order valence-corrected chi connectivity index (χ3v) is 3.50. The van der Waals surface area contributed by atoms with Crippen molar-refractivity contribution < 1.29 is 19.5 Å². The van der Waals surface area contributed by atoms with Crippen LogP contribution in [0.3, 0.4) is 0 Å². The maximum atomic E-state index is 11.6. The molecule has 2 aliphatic rings. The fourth-order valence-corrected chi connectivity index (χ4v) is 2.57. The quantitative estimate of drug-likeness (QED) is 0.624. The van der Waals surface area contributed by atoms with Crippen LogP contribution in [0.15, 0.2) is 0 Å². The van der Waals surface area contributed by atoms with Crippen LogP contribution in [-0.4, -0.2) is 34.8 Å². The van der Waals surface area contributed by atoms with E-state index in [2.05, 4.69) is 0 Å². The second-order valence-electron chi connectivity index (χ2n) is 4.30. The number of nitrogens with zero attached hydrogens (tertiary/aromatic N) is 1. The molecule has 1 saturated carbocycles. The van der Waals surface area contributed by atoms with E-state index in [4.69, 9.17) is 5.11 Å². The van der Waals surface area contributed by atoms with Gasteiger partial charge in [-0.2, -0.15) is 0 Å². The minimum atomic E-state index is -0.858. The molecular weight excluding hydrogens is 198 g/mol. The Morgan fingerprint density at radius 2 is 1.87 bits per heavy atom. The molecule has 0 aromatic carbocycles. The van der Waals surface area contributed by atoms with Crippen molar-refractivity contribution in [3.05, 3.63) is 0 Å². The lowest BCUT2D eigenvalue weighted by molar-refractivity contribution is -0.144. The van der Waals surface area contributed by atoms with Gasteiger partial charge in [0.2, 0.25) is 11.8 Å². The Morgan fingerprint density at radius 1 is 1.27 bits per heavy atom. The third-order valence-electron chi connectivity index (χ3n) is 3.50. The molecule has 0 radical (unpaired) electrons. The molecule has 3 unspecified atom stereocenters. The maximum Gasteiger partial charge on any atom is 0.306 e. The van der Waals surface area contributed by atoms with Crippen LogP contribution in [-0.2, 0) is 14.4 Å². The molecule has 2 fully saturated rings. The average molecular weight is 211 g/mol. The highest BCUT2D eigenvalue weighted by atomic mass is 16.4. The zero-order valence-corrected chi connectivity index (χ0v) is 8.47. The average Bonchev–Trinajstić information content (AvgIpc) is 2.44. The molecule has 0 bridgehead atoms. The fourth-order valence-electron chi connectivity index (χ4n) is 2.57. The third kappa shape index (κ3) is 1.42. The number of carboxylic acids is 1. The Balaban J connectivity index is 2.18. The Morgan fingerprint density at radius 3 is 2.47 bits per heavy atom. The van der Waals surface area contributed by atoms with Crippen LogP contribution in [0.25, 0.3) is 0 Å². The summed E-state index contributed by atoms with van der Waals surface area (Å²) < 4.78 is 0. The van der Waals surface area contributed by atoms with E-state index in [9.17, 15) is 14.4 Å². The van der Waals surface area contributed by atoms with Crippen LogP contribution >= 0.6 is 0 Å². The minimum absolute atomic E-state index is 0.145. The van der Waals surface area contributed by atoms with Gasteiger partial charge in [-0.3, -0.25) is 19.3 Å². The molecule has 0 aromatic heterocycles. The molecule has 5 nitrogen and oxygen atoms in total. The normalized spacial score (nSPS) is 35.5. The van der Waals surface area contributed by atoms with Crippen LogP contribution in [0.2, 0.25) is 0 Å². The van der Waals surface area contributed by atoms with Gasteiger partial charge in [0.1, 0.15) is 0 Å². The molecule has 5 heteroatoms. The summed E-state index contributed by atoms with van der Waals surface area (Å²) in [6.45, 7) is 0. The summed E-state index contributed by atoms with van der Waals surface area (Å²) in [5, 5.41) is 8.87. The first kappa shape index (κ1) is 10.1. The predicted octanol–water partition coefficient (Wildman–Crippen LogP) is 0.102. The first-order valence-electron chi connectivity index (χ1n) is 5.06. The van der Waals surface area contributed by atoms with E-state index in [0.29, 0.717) is 19.3 Å². The molecule has 1 aliphatic carbocycles. The van der Waals surface area contributed by atoms with Gasteiger partial charge in [0, 0.05) is 7.05 Å². The van der Waals surface area contributed by atoms with Crippen LogP contribution < -0.4 is 0 Å². The molecule has 0 spiro atoms. The molecule has 82 valence electrons. The summed E-state index contributed by atoms with van der Waals surface area (Å²) in [7, 11) is 1.47. The van der Waals surface area contributed by atoms with Crippen molar-refractivity contribution in [2.75, 3.05) is 7.05 Å². The lowest BCUT2D eigenvalue weighted by atomic mass is 9.75. The number of carbonyl (C=O) groups excluding carboxylic acids is 2. The molecule has 1 heterocycles. The predicted molar refractivity (Wildman–Crippen MR) is 49.7 cm³/mol. The van der Waals surface area contributed by atoms with Crippen LogP contribution in [0.1, 0.15) is 19.3 Å². The Hall–Kier alpha value is -1.39. The number of hydrogen-bond acceptors (Lipinski definition) is 3. The number of imide groups is 1.